The molecule has 0 amide bonds. The number of nitrogens with one attached hydrogen (secondary N) is 1. The minimum Gasteiger partial charge on any atom is -0.493 e. The van der Waals surface area contributed by atoms with Gasteiger partial charge in [-0.1, -0.05) is 6.07 Å². The number of nitrogens with two attached hydrogens (primary N) is 1. The van der Waals surface area contributed by atoms with Crippen molar-refractivity contribution in [2.75, 3.05) is 14.2 Å². The van der Waals surface area contributed by atoms with Crippen molar-refractivity contribution in [3.8, 4) is 11.5 Å². The first-order chi connectivity index (χ1) is 6.20. The summed E-state index contributed by atoms with van der Waals surface area (Å²) in [7, 11) is 3.06. The van der Waals surface area contributed by atoms with Gasteiger partial charge in [0.2, 0.25) is 0 Å². The van der Waals surface area contributed by atoms with E-state index in [4.69, 9.17) is 20.6 Å². The molecule has 0 saturated heterocycles. The smallest absolute Gasteiger partial charge is 0.171 e. The van der Waals surface area contributed by atoms with E-state index in [0.29, 0.717) is 17.1 Å². The Morgan fingerprint density at radius 2 is 1.87 bits per heavy atom. The number of benzene rings is 1. The molecule has 0 aliphatic rings. The van der Waals surface area contributed by atoms with Crippen molar-refractivity contribution in [1.29, 1.82) is 5.41 Å². The van der Waals surface area contributed by atoms with E-state index in [2.05, 4.69) is 0 Å². The molecule has 15 heavy (non-hydrogen) atoms. The van der Waals surface area contributed by atoms with Gasteiger partial charge in [0, 0.05) is 44.1 Å². The number of para-hydroxylation sites is 1. The molecule has 1 rings (SSSR count). The van der Waals surface area contributed by atoms with Crippen LogP contribution in [0.3, 0.4) is 0 Å². The quantitative estimate of drug-likeness (QED) is 0.533. The molecule has 5 N–H and O–H groups in total. The van der Waals surface area contributed by atoms with E-state index in [0.717, 1.165) is 0 Å². The van der Waals surface area contributed by atoms with E-state index < -0.39 is 0 Å². The van der Waals surface area contributed by atoms with Crippen LogP contribution in [-0.2, 0) is 0 Å². The molecule has 1 radical (unpaired) electrons. The Kier molecular flexibility index (Phi) is 9.02. The molecule has 0 unspecified atom stereocenters. The molecule has 0 saturated carbocycles. The van der Waals surface area contributed by atoms with Gasteiger partial charge in [0.1, 0.15) is 5.84 Å². The van der Waals surface area contributed by atoms with Gasteiger partial charge in [0.25, 0.3) is 0 Å². The SMILES string of the molecule is COc1cccc(C(=N)N)c1OC.O.[Ac]. The average molecular weight is 425 g/mol. The minimum absolute atomic E-state index is 0. The zero-order valence-corrected chi connectivity index (χ0v) is 13.4. The van der Waals surface area contributed by atoms with Crippen molar-refractivity contribution in [2.45, 2.75) is 0 Å². The van der Waals surface area contributed by atoms with Crippen LogP contribution >= 0.6 is 0 Å². The Morgan fingerprint density at radius 1 is 1.27 bits per heavy atom. The predicted octanol–water partition coefficient (Wildman–Crippen LogP) is 0.163. The van der Waals surface area contributed by atoms with Gasteiger partial charge >= 0.3 is 0 Å². The van der Waals surface area contributed by atoms with E-state index in [1.165, 1.54) is 7.11 Å². The van der Waals surface area contributed by atoms with Crippen LogP contribution in [0, 0.1) is 49.5 Å². The van der Waals surface area contributed by atoms with Crippen LogP contribution in [0.4, 0.5) is 0 Å². The summed E-state index contributed by atoms with van der Waals surface area (Å²) >= 11 is 0. The van der Waals surface area contributed by atoms with Crippen LogP contribution in [0.25, 0.3) is 0 Å². The first kappa shape index (κ1) is 17.1. The maximum atomic E-state index is 7.29. The first-order valence-electron chi connectivity index (χ1n) is 3.76. The van der Waals surface area contributed by atoms with Gasteiger partial charge in [-0.25, -0.2) is 0 Å². The number of hydrogen-bond donors (Lipinski definition) is 2. The zero-order chi connectivity index (χ0) is 9.84. The van der Waals surface area contributed by atoms with E-state index in [-0.39, 0.29) is 55.4 Å². The molecule has 1 aromatic carbocycles. The monoisotopic (exact) mass is 425 g/mol. The summed E-state index contributed by atoms with van der Waals surface area (Å²) in [4.78, 5) is 0. The molecule has 0 aromatic heterocycles. The fourth-order valence-corrected chi connectivity index (χ4v) is 1.10. The van der Waals surface area contributed by atoms with Crippen LogP contribution in [0.2, 0.25) is 0 Å². The van der Waals surface area contributed by atoms with E-state index in [9.17, 15) is 0 Å². The van der Waals surface area contributed by atoms with Crippen LogP contribution in [-0.4, -0.2) is 25.5 Å². The van der Waals surface area contributed by atoms with E-state index >= 15 is 0 Å². The van der Waals surface area contributed by atoms with E-state index in [1.807, 2.05) is 0 Å². The Labute approximate surface area is 124 Å². The number of amidine groups is 1. The summed E-state index contributed by atoms with van der Waals surface area (Å²) in [5.74, 6) is 1.04. The van der Waals surface area contributed by atoms with Crippen molar-refractivity contribution in [2.24, 2.45) is 5.73 Å². The van der Waals surface area contributed by atoms with Gasteiger partial charge in [-0.2, -0.15) is 0 Å². The zero-order valence-electron chi connectivity index (χ0n) is 8.70. The summed E-state index contributed by atoms with van der Waals surface area (Å²) in [6.45, 7) is 0. The Hall–Kier alpha value is -0.308. The fraction of sp³-hybridized carbons (Fsp3) is 0.222. The number of nitrogen functional groups attached to an aromatic ring is 1. The molecule has 0 atom stereocenters. The second-order valence-corrected chi connectivity index (χ2v) is 2.45. The third kappa shape index (κ3) is 3.98. The first-order valence-corrected chi connectivity index (χ1v) is 3.76. The molecule has 0 heterocycles. The average Bonchev–Trinajstić information content (AvgIpc) is 2.16. The van der Waals surface area contributed by atoms with Crippen molar-refractivity contribution < 1.29 is 59.0 Å². The maximum Gasteiger partial charge on any atom is 0.171 e. The minimum atomic E-state index is -0.0317. The van der Waals surface area contributed by atoms with Gasteiger partial charge in [0.15, 0.2) is 11.5 Å². The molecular formula is C9H14AcN2O3. The van der Waals surface area contributed by atoms with Crippen LogP contribution in [0.1, 0.15) is 5.56 Å². The molecule has 0 aliphatic carbocycles. The van der Waals surface area contributed by atoms with Crippen molar-refractivity contribution in [1.82, 2.24) is 0 Å². The summed E-state index contributed by atoms with van der Waals surface area (Å²) < 4.78 is 10.1. The summed E-state index contributed by atoms with van der Waals surface area (Å²) in [5, 5.41) is 7.29. The number of hydrogen-bond acceptors (Lipinski definition) is 3. The topological polar surface area (TPSA) is 99.8 Å². The Morgan fingerprint density at radius 3 is 2.27 bits per heavy atom. The normalized spacial score (nSPS) is 8.13. The summed E-state index contributed by atoms with van der Waals surface area (Å²) in [6.07, 6.45) is 0. The maximum absolute atomic E-state index is 7.29. The molecular weight excluding hydrogens is 411 g/mol. The molecule has 0 bridgehead atoms. The Balaban J connectivity index is 0. The van der Waals surface area contributed by atoms with Crippen LogP contribution in [0.15, 0.2) is 18.2 Å². The summed E-state index contributed by atoms with van der Waals surface area (Å²) in [5.41, 5.74) is 5.90. The third-order valence-electron chi connectivity index (χ3n) is 1.69. The van der Waals surface area contributed by atoms with Gasteiger partial charge in [0.05, 0.1) is 19.8 Å². The van der Waals surface area contributed by atoms with Crippen LogP contribution < -0.4 is 15.2 Å². The van der Waals surface area contributed by atoms with Crippen molar-refractivity contribution in [3.05, 3.63) is 23.8 Å². The number of rotatable bonds is 3. The van der Waals surface area contributed by atoms with Gasteiger partial charge < -0.3 is 20.7 Å². The van der Waals surface area contributed by atoms with Gasteiger partial charge in [-0.15, -0.1) is 0 Å². The molecule has 1 aromatic rings. The molecule has 6 heteroatoms. The predicted molar refractivity (Wildman–Crippen MR) is 54.2 cm³/mol. The fourth-order valence-electron chi connectivity index (χ4n) is 1.10. The molecule has 0 spiro atoms. The number of ether oxygens (including phenoxy) is 2. The van der Waals surface area contributed by atoms with Crippen molar-refractivity contribution in [3.63, 3.8) is 0 Å². The largest absolute Gasteiger partial charge is 0.493 e. The second-order valence-electron chi connectivity index (χ2n) is 2.45. The molecule has 0 fully saturated rings. The molecule has 5 nitrogen and oxygen atoms in total. The summed E-state index contributed by atoms with van der Waals surface area (Å²) in [6, 6.07) is 5.23. The van der Waals surface area contributed by atoms with Crippen molar-refractivity contribution >= 4 is 5.84 Å². The standard InChI is InChI=1S/C9H12N2O2.Ac.H2O/c1-12-7-5-3-4-6(9(10)11)8(7)13-2;;/h3-5H,1-2H3,(H3,10,11);;1H2. The Bertz CT molecular complexity index is 331. The second kappa shape index (κ2) is 7.92. The van der Waals surface area contributed by atoms with Crippen LogP contribution in [0.5, 0.6) is 11.5 Å². The molecule has 0 aliphatic heterocycles. The van der Waals surface area contributed by atoms with Gasteiger partial charge in [-0.3, -0.25) is 5.41 Å². The number of methoxy groups -OCH3 is 2. The van der Waals surface area contributed by atoms with Gasteiger partial charge in [-0.05, 0) is 12.1 Å². The molecule has 81 valence electrons. The third-order valence-corrected chi connectivity index (χ3v) is 1.69. The van der Waals surface area contributed by atoms with E-state index in [1.54, 1.807) is 25.3 Å².